The van der Waals surface area contributed by atoms with Gasteiger partial charge in [-0.05, 0) is 99.7 Å². The van der Waals surface area contributed by atoms with Crippen molar-refractivity contribution in [2.24, 2.45) is 0 Å². The van der Waals surface area contributed by atoms with Crippen LogP contribution in [0, 0.1) is 6.92 Å². The van der Waals surface area contributed by atoms with Crippen molar-refractivity contribution in [3.05, 3.63) is 160 Å². The zero-order valence-electron chi connectivity index (χ0n) is 36.9. The number of nitrogens with one attached hydrogen (secondary N) is 2. The Kier molecular flexibility index (Phi) is 14.4. The number of phenolic OH excluding ortho intramolecular Hbond substituents is 1. The Balaban J connectivity index is 0.000000254. The maximum Gasteiger partial charge on any atom is 0.187 e. The smallest absolute Gasteiger partial charge is 0.187 e. The first-order valence-corrected chi connectivity index (χ1v) is 20.9. The lowest BCUT2D eigenvalue weighted by Gasteiger charge is -2.27. The zero-order chi connectivity index (χ0) is 42.3. The first-order valence-electron chi connectivity index (χ1n) is 20.1. The second kappa shape index (κ2) is 18.2. The molecule has 0 unspecified atom stereocenters. The number of phenols is 1. The third kappa shape index (κ3) is 12.6. The number of aromatic hydroxyl groups is 1. The number of carbonyl (C=O) groups is 1. The molecule has 0 aliphatic heterocycles. The van der Waals surface area contributed by atoms with Crippen molar-refractivity contribution in [1.82, 2.24) is 0 Å². The van der Waals surface area contributed by atoms with Gasteiger partial charge in [0.25, 0.3) is 0 Å². The van der Waals surface area contributed by atoms with E-state index >= 15 is 0 Å². The number of benzene rings is 5. The van der Waals surface area contributed by atoms with Crippen LogP contribution in [0.4, 0.5) is 11.4 Å². The molecule has 0 fully saturated rings. The summed E-state index contributed by atoms with van der Waals surface area (Å²) in [5.74, 6) is 0.440. The van der Waals surface area contributed by atoms with Gasteiger partial charge in [0.05, 0.1) is 0 Å². The van der Waals surface area contributed by atoms with Gasteiger partial charge in [0.15, 0.2) is 5.78 Å². The quantitative estimate of drug-likeness (QED) is 0.103. The lowest BCUT2D eigenvalue weighted by molar-refractivity contribution is 0.104. The standard InChI is InChI=1S/C27H33NOS.C25H33NO/c1-26(2,3)20-16-19(25(29)22(17-20)27(4,5)6)18-28-23-14-10-11-15-24(23)30-21-12-8-7-9-13-21;1-17-11-9-10-12-22(17)26-18(2)15-23(27)20-14-13-19(24(3,4)5)16-21(20)25(6,7)8/h7-17,28-29H,18H2,1-6H3;9-16,26H,1-8H3. The summed E-state index contributed by atoms with van der Waals surface area (Å²) in [6, 6.07) is 37.4. The molecule has 5 rings (SSSR count). The molecule has 57 heavy (non-hydrogen) atoms. The number of rotatable bonds is 9. The molecule has 0 spiro atoms. The predicted octanol–water partition coefficient (Wildman–Crippen LogP) is 14.5. The number of hydrogen-bond acceptors (Lipinski definition) is 5. The summed E-state index contributed by atoms with van der Waals surface area (Å²) in [7, 11) is 0. The van der Waals surface area contributed by atoms with E-state index in [0.717, 1.165) is 44.9 Å². The van der Waals surface area contributed by atoms with Crippen molar-refractivity contribution < 1.29 is 9.90 Å². The maximum absolute atomic E-state index is 13.0. The van der Waals surface area contributed by atoms with Crippen LogP contribution in [-0.2, 0) is 28.2 Å². The zero-order valence-corrected chi connectivity index (χ0v) is 37.8. The van der Waals surface area contributed by atoms with Crippen LogP contribution in [0.2, 0.25) is 0 Å². The molecule has 0 amide bonds. The second-order valence-electron chi connectivity index (χ2n) is 19.2. The first kappa shape index (κ1) is 45.0. The van der Waals surface area contributed by atoms with E-state index in [0.29, 0.717) is 12.3 Å². The molecule has 0 aromatic heterocycles. The van der Waals surface area contributed by atoms with Crippen molar-refractivity contribution >= 4 is 28.9 Å². The van der Waals surface area contributed by atoms with Crippen LogP contribution in [0.25, 0.3) is 0 Å². The largest absolute Gasteiger partial charge is 0.507 e. The molecule has 0 saturated carbocycles. The van der Waals surface area contributed by atoms with Gasteiger partial charge in [-0.25, -0.2) is 0 Å². The van der Waals surface area contributed by atoms with Gasteiger partial charge in [0.1, 0.15) is 5.75 Å². The fourth-order valence-corrected chi connectivity index (χ4v) is 7.37. The number of anilines is 2. The molecular formula is C52H66N2O2S. The third-order valence-corrected chi connectivity index (χ3v) is 11.1. The molecule has 302 valence electrons. The van der Waals surface area contributed by atoms with Crippen LogP contribution in [0.5, 0.6) is 5.75 Å². The number of allylic oxidation sites excluding steroid dienone is 2. The molecule has 0 bridgehead atoms. The average Bonchev–Trinajstić information content (AvgIpc) is 3.11. The minimum absolute atomic E-state index is 0.0174. The highest BCUT2D eigenvalue weighted by molar-refractivity contribution is 7.99. The van der Waals surface area contributed by atoms with Crippen LogP contribution in [-0.4, -0.2) is 10.9 Å². The lowest BCUT2D eigenvalue weighted by Crippen LogP contribution is -2.20. The third-order valence-electron chi connectivity index (χ3n) is 9.97. The Hall–Kier alpha value is -4.74. The second-order valence-corrected chi connectivity index (χ2v) is 20.3. The summed E-state index contributed by atoms with van der Waals surface area (Å²) < 4.78 is 0. The normalized spacial score (nSPS) is 12.4. The topological polar surface area (TPSA) is 61.4 Å². The van der Waals surface area contributed by atoms with Crippen molar-refractivity contribution in [3.63, 3.8) is 0 Å². The Morgan fingerprint density at radius 2 is 1.18 bits per heavy atom. The maximum atomic E-state index is 13.0. The molecule has 0 aliphatic rings. The van der Waals surface area contributed by atoms with Gasteiger partial charge in [0, 0.05) is 50.6 Å². The van der Waals surface area contributed by atoms with Crippen molar-refractivity contribution in [1.29, 1.82) is 0 Å². The number of ketones is 1. The van der Waals surface area contributed by atoms with Crippen molar-refractivity contribution in [2.45, 2.75) is 135 Å². The highest BCUT2D eigenvalue weighted by Gasteiger charge is 2.26. The Morgan fingerprint density at radius 3 is 1.75 bits per heavy atom. The number of para-hydroxylation sites is 2. The van der Waals surface area contributed by atoms with Crippen molar-refractivity contribution in [2.75, 3.05) is 10.6 Å². The van der Waals surface area contributed by atoms with Gasteiger partial charge in [-0.3, -0.25) is 4.79 Å². The van der Waals surface area contributed by atoms with E-state index in [2.05, 4.69) is 173 Å². The number of carbonyl (C=O) groups excluding carboxylic acids is 1. The predicted molar refractivity (Wildman–Crippen MR) is 247 cm³/mol. The highest BCUT2D eigenvalue weighted by atomic mass is 32.2. The Labute approximate surface area is 348 Å². The molecule has 0 radical (unpaired) electrons. The summed E-state index contributed by atoms with van der Waals surface area (Å²) in [4.78, 5) is 15.4. The van der Waals surface area contributed by atoms with Crippen LogP contribution < -0.4 is 10.6 Å². The van der Waals surface area contributed by atoms with Crippen LogP contribution in [0.3, 0.4) is 0 Å². The highest BCUT2D eigenvalue weighted by Crippen LogP contribution is 2.39. The molecular weight excluding hydrogens is 717 g/mol. The fourth-order valence-electron chi connectivity index (χ4n) is 6.42. The molecule has 4 nitrogen and oxygen atoms in total. The van der Waals surface area contributed by atoms with Gasteiger partial charge in [-0.2, -0.15) is 0 Å². The molecule has 0 saturated heterocycles. The van der Waals surface area contributed by atoms with Gasteiger partial charge >= 0.3 is 0 Å². The van der Waals surface area contributed by atoms with E-state index < -0.39 is 0 Å². The summed E-state index contributed by atoms with van der Waals surface area (Å²) in [5.41, 5.74) is 10.3. The minimum atomic E-state index is -0.124. The summed E-state index contributed by atoms with van der Waals surface area (Å²) >= 11 is 1.74. The first-order chi connectivity index (χ1) is 26.4. The van der Waals surface area contributed by atoms with Gasteiger partial charge in [0.2, 0.25) is 0 Å². The molecule has 5 heteroatoms. The van der Waals surface area contributed by atoms with E-state index in [4.69, 9.17) is 0 Å². The van der Waals surface area contributed by atoms with E-state index in [1.807, 2.05) is 43.3 Å². The van der Waals surface area contributed by atoms with Gasteiger partial charge < -0.3 is 15.7 Å². The minimum Gasteiger partial charge on any atom is -0.507 e. The van der Waals surface area contributed by atoms with Crippen LogP contribution in [0.15, 0.2) is 131 Å². The van der Waals surface area contributed by atoms with E-state index in [1.165, 1.54) is 20.9 Å². The van der Waals surface area contributed by atoms with Gasteiger partial charge in [-0.1, -0.05) is 168 Å². The Bertz CT molecular complexity index is 2170. The SMILES string of the molecule is CC(=CC(=O)c1ccc(C(C)(C)C)cc1C(C)(C)C)Nc1ccccc1C.CC(C)(C)c1cc(CNc2ccccc2Sc2ccccc2)c(O)c(C(C)(C)C)c1. The molecule has 3 N–H and O–H groups in total. The monoisotopic (exact) mass is 782 g/mol. The van der Waals surface area contributed by atoms with Gasteiger partial charge in [-0.15, -0.1) is 0 Å². The average molecular weight is 783 g/mol. The van der Waals surface area contributed by atoms with Crippen molar-refractivity contribution in [3.8, 4) is 5.75 Å². The molecule has 0 heterocycles. The molecule has 0 aliphatic carbocycles. The van der Waals surface area contributed by atoms with E-state index in [1.54, 1.807) is 17.8 Å². The Morgan fingerprint density at radius 1 is 0.632 bits per heavy atom. The number of aryl methyl sites for hydroxylation is 1. The summed E-state index contributed by atoms with van der Waals surface area (Å²) in [6.45, 7) is 30.8. The lowest BCUT2D eigenvalue weighted by atomic mass is 9.78. The van der Waals surface area contributed by atoms with E-state index in [9.17, 15) is 9.90 Å². The molecule has 5 aromatic rings. The summed E-state index contributed by atoms with van der Waals surface area (Å²) in [6.07, 6.45) is 1.70. The van der Waals surface area contributed by atoms with Crippen LogP contribution in [0.1, 0.15) is 134 Å². The summed E-state index contributed by atoms with van der Waals surface area (Å²) in [5, 5.41) is 18.0. The molecule has 0 atom stereocenters. The fraction of sp³-hybridized carbons (Fsp3) is 0.365. The number of hydrogen-bond donors (Lipinski definition) is 3. The van der Waals surface area contributed by atoms with Crippen LogP contribution >= 0.6 is 11.8 Å². The van der Waals surface area contributed by atoms with E-state index in [-0.39, 0.29) is 27.4 Å². The molecule has 5 aromatic carbocycles.